The van der Waals surface area contributed by atoms with Crippen molar-refractivity contribution in [1.82, 2.24) is 10.6 Å². The first-order valence-electron chi connectivity index (χ1n) is 6.11. The van der Waals surface area contributed by atoms with Crippen LogP contribution in [0.15, 0.2) is 35.3 Å². The number of aliphatic imine (C=N–C) groups is 1. The van der Waals surface area contributed by atoms with E-state index in [1.165, 1.54) is 5.56 Å². The van der Waals surface area contributed by atoms with E-state index in [0.717, 1.165) is 18.8 Å². The maximum atomic E-state index is 9.51. The molecule has 1 heterocycles. The van der Waals surface area contributed by atoms with Gasteiger partial charge in [-0.15, -0.1) is 24.0 Å². The molecule has 0 radical (unpaired) electrons. The molecular weight excluding hydrogens is 341 g/mol. The summed E-state index contributed by atoms with van der Waals surface area (Å²) in [6.07, 6.45) is 1.48. The predicted molar refractivity (Wildman–Crippen MR) is 82.1 cm³/mol. The molecule has 1 saturated heterocycles. The summed E-state index contributed by atoms with van der Waals surface area (Å²) >= 11 is 0. The van der Waals surface area contributed by atoms with Gasteiger partial charge in [0.15, 0.2) is 5.96 Å². The Bertz CT molecular complexity index is 408. The minimum atomic E-state index is -0.166. The highest BCUT2D eigenvalue weighted by Crippen LogP contribution is 2.23. The fourth-order valence-corrected chi connectivity index (χ4v) is 2.57. The average Bonchev–Trinajstić information content (AvgIpc) is 2.84. The lowest BCUT2D eigenvalue weighted by molar-refractivity contribution is 0.178. The van der Waals surface area contributed by atoms with Crippen molar-refractivity contribution in [3.63, 3.8) is 0 Å². The minimum Gasteiger partial charge on any atom is -0.393 e. The number of aliphatic hydroxyl groups is 1. The van der Waals surface area contributed by atoms with Gasteiger partial charge in [0.05, 0.1) is 24.7 Å². The largest absolute Gasteiger partial charge is 0.393 e. The fourth-order valence-electron chi connectivity index (χ4n) is 2.57. The van der Waals surface area contributed by atoms with E-state index in [9.17, 15) is 5.11 Å². The van der Waals surface area contributed by atoms with Gasteiger partial charge in [-0.25, -0.2) is 4.99 Å². The summed E-state index contributed by atoms with van der Waals surface area (Å²) in [5.74, 6) is 0.871. The van der Waals surface area contributed by atoms with Gasteiger partial charge in [0.2, 0.25) is 0 Å². The summed E-state index contributed by atoms with van der Waals surface area (Å²) in [6.45, 7) is 0.693. The standard InChI is InChI=1S/C13H17N3O.HI/c17-10-6-11-12(7-10)16-13(15-11)14-8-9-4-2-1-3-5-9;/h1-5,10-12,17H,6-8H2,(H2,14,15,16);1H/t10?,11-,12+;. The topological polar surface area (TPSA) is 56.6 Å². The Labute approximate surface area is 124 Å². The molecule has 2 aliphatic rings. The Morgan fingerprint density at radius 3 is 2.33 bits per heavy atom. The smallest absolute Gasteiger partial charge is 0.192 e. The van der Waals surface area contributed by atoms with Gasteiger partial charge in [0.25, 0.3) is 0 Å². The number of nitrogens with one attached hydrogen (secondary N) is 2. The molecule has 98 valence electrons. The van der Waals surface area contributed by atoms with E-state index in [2.05, 4.69) is 27.8 Å². The zero-order valence-electron chi connectivity index (χ0n) is 10.0. The molecule has 1 aromatic carbocycles. The molecule has 1 aliphatic carbocycles. The summed E-state index contributed by atoms with van der Waals surface area (Å²) in [5.41, 5.74) is 1.21. The highest BCUT2D eigenvalue weighted by molar-refractivity contribution is 14.0. The quantitative estimate of drug-likeness (QED) is 0.697. The molecule has 0 bridgehead atoms. The molecule has 4 nitrogen and oxygen atoms in total. The third-order valence-electron chi connectivity index (χ3n) is 3.44. The Balaban J connectivity index is 0.00000120. The van der Waals surface area contributed by atoms with Crippen molar-refractivity contribution < 1.29 is 5.11 Å². The Kier molecular flexibility index (Phi) is 4.45. The third-order valence-corrected chi connectivity index (χ3v) is 3.44. The Morgan fingerprint density at radius 2 is 1.72 bits per heavy atom. The second kappa shape index (κ2) is 5.88. The van der Waals surface area contributed by atoms with Crippen LogP contribution in [-0.2, 0) is 6.54 Å². The van der Waals surface area contributed by atoms with Gasteiger partial charge in [0, 0.05) is 0 Å². The molecular formula is C13H18IN3O. The molecule has 3 N–H and O–H groups in total. The molecule has 0 spiro atoms. The highest BCUT2D eigenvalue weighted by atomic mass is 127. The van der Waals surface area contributed by atoms with Gasteiger partial charge in [0.1, 0.15) is 0 Å². The van der Waals surface area contributed by atoms with Crippen molar-refractivity contribution >= 4 is 29.9 Å². The number of nitrogens with zero attached hydrogens (tertiary/aromatic N) is 1. The van der Waals surface area contributed by atoms with Crippen LogP contribution in [-0.4, -0.2) is 29.3 Å². The van der Waals surface area contributed by atoms with Gasteiger partial charge < -0.3 is 15.7 Å². The Morgan fingerprint density at radius 1 is 1.11 bits per heavy atom. The van der Waals surface area contributed by atoms with Crippen molar-refractivity contribution in [2.24, 2.45) is 4.99 Å². The molecule has 3 atom stereocenters. The van der Waals surface area contributed by atoms with Crippen LogP contribution in [0.3, 0.4) is 0 Å². The van der Waals surface area contributed by atoms with Crippen molar-refractivity contribution in [2.75, 3.05) is 0 Å². The van der Waals surface area contributed by atoms with Crippen LogP contribution in [0.5, 0.6) is 0 Å². The average molecular weight is 359 g/mol. The first-order chi connectivity index (χ1) is 8.31. The second-order valence-corrected chi connectivity index (χ2v) is 4.78. The van der Waals surface area contributed by atoms with Crippen LogP contribution in [0.1, 0.15) is 18.4 Å². The van der Waals surface area contributed by atoms with E-state index in [1.807, 2.05) is 18.2 Å². The second-order valence-electron chi connectivity index (χ2n) is 4.78. The van der Waals surface area contributed by atoms with Crippen LogP contribution >= 0.6 is 24.0 Å². The number of aliphatic hydroxyl groups excluding tert-OH is 1. The summed E-state index contributed by atoms with van der Waals surface area (Å²) in [7, 11) is 0. The summed E-state index contributed by atoms with van der Waals surface area (Å²) in [5, 5.41) is 16.2. The SMILES string of the molecule is I.OC1C[C@@H]2NC(=NCc3ccccc3)N[C@@H]2C1. The molecule has 3 rings (SSSR count). The number of guanidine groups is 1. The van der Waals surface area contributed by atoms with E-state index in [1.54, 1.807) is 0 Å². The van der Waals surface area contributed by atoms with E-state index in [-0.39, 0.29) is 30.1 Å². The molecule has 1 saturated carbocycles. The van der Waals surface area contributed by atoms with Crippen LogP contribution in [0, 0.1) is 0 Å². The summed E-state index contributed by atoms with van der Waals surface area (Å²) < 4.78 is 0. The lowest BCUT2D eigenvalue weighted by Gasteiger charge is -2.06. The molecule has 0 aromatic heterocycles. The first kappa shape index (κ1) is 13.6. The van der Waals surface area contributed by atoms with Gasteiger partial charge in [-0.2, -0.15) is 0 Å². The van der Waals surface area contributed by atoms with Crippen LogP contribution in [0.2, 0.25) is 0 Å². The van der Waals surface area contributed by atoms with E-state index < -0.39 is 0 Å². The van der Waals surface area contributed by atoms with Crippen LogP contribution in [0.25, 0.3) is 0 Å². The van der Waals surface area contributed by atoms with Gasteiger partial charge in [-0.05, 0) is 18.4 Å². The maximum Gasteiger partial charge on any atom is 0.192 e. The number of hydrogen-bond donors (Lipinski definition) is 3. The van der Waals surface area contributed by atoms with Crippen LogP contribution < -0.4 is 10.6 Å². The normalized spacial score (nSPS) is 31.4. The monoisotopic (exact) mass is 359 g/mol. The Hall–Kier alpha value is -0.820. The lowest BCUT2D eigenvalue weighted by atomic mass is 10.2. The fraction of sp³-hybridized carbons (Fsp3) is 0.462. The zero-order valence-corrected chi connectivity index (χ0v) is 12.4. The zero-order chi connectivity index (χ0) is 11.7. The number of halogens is 1. The van der Waals surface area contributed by atoms with Crippen molar-refractivity contribution in [3.8, 4) is 0 Å². The summed E-state index contributed by atoms with van der Waals surface area (Å²) in [4.78, 5) is 4.51. The number of rotatable bonds is 2. The third kappa shape index (κ3) is 2.95. The molecule has 5 heteroatoms. The van der Waals surface area contributed by atoms with Gasteiger partial charge in [-0.1, -0.05) is 30.3 Å². The molecule has 2 fully saturated rings. The molecule has 0 amide bonds. The minimum absolute atomic E-state index is 0. The number of hydrogen-bond acceptors (Lipinski definition) is 2. The van der Waals surface area contributed by atoms with E-state index in [0.29, 0.717) is 18.6 Å². The molecule has 1 aliphatic heterocycles. The van der Waals surface area contributed by atoms with Crippen LogP contribution in [0.4, 0.5) is 0 Å². The molecule has 1 unspecified atom stereocenters. The van der Waals surface area contributed by atoms with Crippen molar-refractivity contribution in [2.45, 2.75) is 37.6 Å². The first-order valence-corrected chi connectivity index (χ1v) is 6.11. The maximum absolute atomic E-state index is 9.51. The highest BCUT2D eigenvalue weighted by Gasteiger charge is 2.38. The summed E-state index contributed by atoms with van der Waals surface area (Å²) in [6, 6.07) is 10.9. The van der Waals surface area contributed by atoms with Crippen molar-refractivity contribution in [1.29, 1.82) is 0 Å². The predicted octanol–water partition coefficient (Wildman–Crippen LogP) is 1.25. The number of benzene rings is 1. The number of fused-ring (bicyclic) bond motifs is 1. The molecule has 18 heavy (non-hydrogen) atoms. The van der Waals surface area contributed by atoms with E-state index in [4.69, 9.17) is 0 Å². The van der Waals surface area contributed by atoms with Gasteiger partial charge in [-0.3, -0.25) is 0 Å². The van der Waals surface area contributed by atoms with E-state index >= 15 is 0 Å². The van der Waals surface area contributed by atoms with Crippen molar-refractivity contribution in [3.05, 3.63) is 35.9 Å². The lowest BCUT2D eigenvalue weighted by Crippen LogP contribution is -2.29. The molecule has 1 aromatic rings. The van der Waals surface area contributed by atoms with Gasteiger partial charge >= 0.3 is 0 Å².